The Morgan fingerprint density at radius 1 is 1.10 bits per heavy atom. The summed E-state index contributed by atoms with van der Waals surface area (Å²) in [6.07, 6.45) is 5.86. The summed E-state index contributed by atoms with van der Waals surface area (Å²) in [5.41, 5.74) is 0.270. The number of ether oxygens (including phenoxy) is 5. The summed E-state index contributed by atoms with van der Waals surface area (Å²) in [6.45, 7) is 4.24. The van der Waals surface area contributed by atoms with Crippen molar-refractivity contribution in [1.29, 1.82) is 0 Å². The number of amides is 2. The van der Waals surface area contributed by atoms with Crippen LogP contribution in [0.25, 0.3) is 0 Å². The number of benzene rings is 1. The fourth-order valence-corrected chi connectivity index (χ4v) is 7.09. The molecule has 10 nitrogen and oxygen atoms in total. The SMILES string of the molecule is COC(=O)[C@@]12C[C@H](CC(=O)N3CCOCC3)C(=O)N(Cc3ccc4c(c3)OCO4)C1=C[C@@H](C1CCCC1)O[C@H]2C. The molecule has 0 N–H and O–H groups in total. The van der Waals surface area contributed by atoms with E-state index in [9.17, 15) is 14.4 Å². The Bertz CT molecular complexity index is 1190. The van der Waals surface area contributed by atoms with E-state index < -0.39 is 23.4 Å². The summed E-state index contributed by atoms with van der Waals surface area (Å²) in [5.74, 6) is 0.214. The van der Waals surface area contributed by atoms with Crippen molar-refractivity contribution in [1.82, 2.24) is 9.80 Å². The molecule has 0 radical (unpaired) electrons. The molecule has 2 saturated heterocycles. The zero-order chi connectivity index (χ0) is 27.9. The smallest absolute Gasteiger partial charge is 0.320 e. The Kier molecular flexibility index (Phi) is 7.48. The predicted octanol–water partition coefficient (Wildman–Crippen LogP) is 3.03. The number of piperidine rings is 1. The van der Waals surface area contributed by atoms with E-state index in [-0.39, 0.29) is 44.1 Å². The molecule has 4 atom stereocenters. The van der Waals surface area contributed by atoms with Gasteiger partial charge in [-0.15, -0.1) is 0 Å². The molecule has 5 aliphatic rings. The summed E-state index contributed by atoms with van der Waals surface area (Å²) in [5, 5.41) is 0. The maximum absolute atomic E-state index is 14.3. The van der Waals surface area contributed by atoms with E-state index in [1.165, 1.54) is 7.11 Å². The Balaban J connectivity index is 1.39. The minimum atomic E-state index is -1.20. The maximum Gasteiger partial charge on any atom is 0.320 e. The van der Waals surface area contributed by atoms with Gasteiger partial charge in [-0.3, -0.25) is 14.4 Å². The van der Waals surface area contributed by atoms with Gasteiger partial charge in [0, 0.05) is 31.1 Å². The first-order valence-electron chi connectivity index (χ1n) is 14.4. The lowest BCUT2D eigenvalue weighted by Crippen LogP contribution is -2.60. The van der Waals surface area contributed by atoms with Crippen LogP contribution in [-0.4, -0.2) is 80.0 Å². The zero-order valence-electron chi connectivity index (χ0n) is 23.3. The largest absolute Gasteiger partial charge is 0.468 e. The molecule has 40 heavy (non-hydrogen) atoms. The van der Waals surface area contributed by atoms with Crippen LogP contribution in [0.1, 0.15) is 51.0 Å². The van der Waals surface area contributed by atoms with Crippen LogP contribution in [-0.2, 0) is 35.1 Å². The van der Waals surface area contributed by atoms with Gasteiger partial charge in [-0.1, -0.05) is 18.9 Å². The molecule has 1 saturated carbocycles. The van der Waals surface area contributed by atoms with Crippen LogP contribution >= 0.6 is 0 Å². The molecule has 10 heteroatoms. The highest BCUT2D eigenvalue weighted by molar-refractivity contribution is 5.92. The standard InChI is InChI=1S/C30H38N2O8/c1-19-30(29(35)36-2)16-22(14-27(33)31-9-11-37-12-10-31)28(34)32(17-20-7-8-23-25(13-20)39-18-38-23)26(30)15-24(40-19)21-5-3-4-6-21/h7-8,13,15,19,21-22,24H,3-6,9-12,14,16-18H2,1-2H3/t19-,22-,24-,30+/m0/s1. The third-order valence-corrected chi connectivity index (χ3v) is 9.29. The van der Waals surface area contributed by atoms with Gasteiger partial charge >= 0.3 is 5.97 Å². The molecule has 6 rings (SSSR count). The van der Waals surface area contributed by atoms with E-state index in [0.29, 0.717) is 49.4 Å². The normalized spacial score (nSPS) is 30.2. The monoisotopic (exact) mass is 554 g/mol. The van der Waals surface area contributed by atoms with Crippen molar-refractivity contribution in [3.8, 4) is 11.5 Å². The molecule has 2 amide bonds. The molecule has 4 heterocycles. The van der Waals surface area contributed by atoms with Gasteiger partial charge in [-0.2, -0.15) is 0 Å². The van der Waals surface area contributed by atoms with E-state index in [1.807, 2.05) is 31.2 Å². The first-order valence-corrected chi connectivity index (χ1v) is 14.4. The number of nitrogens with zero attached hydrogens (tertiary/aromatic N) is 2. The molecular formula is C30H38N2O8. The lowest BCUT2D eigenvalue weighted by Gasteiger charge is -2.52. The van der Waals surface area contributed by atoms with Crippen molar-refractivity contribution in [2.45, 2.75) is 64.2 Å². The van der Waals surface area contributed by atoms with Crippen LogP contribution in [0.15, 0.2) is 30.0 Å². The highest BCUT2D eigenvalue weighted by Gasteiger charge is 2.60. The highest BCUT2D eigenvalue weighted by atomic mass is 16.7. The summed E-state index contributed by atoms with van der Waals surface area (Å²) in [7, 11) is 1.37. The lowest BCUT2D eigenvalue weighted by atomic mass is 9.66. The van der Waals surface area contributed by atoms with Crippen molar-refractivity contribution in [2.24, 2.45) is 17.3 Å². The van der Waals surface area contributed by atoms with Crippen LogP contribution in [0.5, 0.6) is 11.5 Å². The zero-order valence-corrected chi connectivity index (χ0v) is 23.3. The van der Waals surface area contributed by atoms with Gasteiger partial charge < -0.3 is 33.5 Å². The third-order valence-electron chi connectivity index (χ3n) is 9.29. The number of morpholine rings is 1. The minimum absolute atomic E-state index is 0.0151. The summed E-state index contributed by atoms with van der Waals surface area (Å²) in [6, 6.07) is 5.61. The van der Waals surface area contributed by atoms with Crippen LogP contribution in [0.4, 0.5) is 0 Å². The molecule has 4 aliphatic heterocycles. The van der Waals surface area contributed by atoms with E-state index in [4.69, 9.17) is 23.7 Å². The van der Waals surface area contributed by atoms with Crippen LogP contribution in [0.2, 0.25) is 0 Å². The molecule has 1 aromatic carbocycles. The topological polar surface area (TPSA) is 104 Å². The van der Waals surface area contributed by atoms with E-state index in [1.54, 1.807) is 9.80 Å². The molecule has 0 spiro atoms. The van der Waals surface area contributed by atoms with Gasteiger partial charge in [0.1, 0.15) is 5.41 Å². The van der Waals surface area contributed by atoms with E-state index in [0.717, 1.165) is 31.2 Å². The first kappa shape index (κ1) is 27.1. The number of methoxy groups -OCH3 is 1. The second-order valence-electron chi connectivity index (χ2n) is 11.5. The maximum atomic E-state index is 14.3. The second kappa shape index (κ2) is 11.0. The number of rotatable bonds is 6. The first-order chi connectivity index (χ1) is 19.4. The molecular weight excluding hydrogens is 516 g/mol. The van der Waals surface area contributed by atoms with Gasteiger partial charge in [0.25, 0.3) is 0 Å². The Morgan fingerprint density at radius 3 is 2.60 bits per heavy atom. The number of carbonyl (C=O) groups is 3. The number of likely N-dealkylation sites (tertiary alicyclic amines) is 1. The molecule has 0 unspecified atom stereocenters. The Labute approximate surface area is 234 Å². The average molecular weight is 555 g/mol. The van der Waals surface area contributed by atoms with Crippen molar-refractivity contribution in [2.75, 3.05) is 40.2 Å². The van der Waals surface area contributed by atoms with Crippen LogP contribution in [0.3, 0.4) is 0 Å². The fourth-order valence-electron chi connectivity index (χ4n) is 7.09. The van der Waals surface area contributed by atoms with E-state index >= 15 is 0 Å². The number of fused-ring (bicyclic) bond motifs is 2. The number of hydrogen-bond acceptors (Lipinski definition) is 8. The van der Waals surface area contributed by atoms with Crippen LogP contribution in [0, 0.1) is 17.3 Å². The average Bonchev–Trinajstić information content (AvgIpc) is 3.68. The molecule has 3 fully saturated rings. The molecule has 0 bridgehead atoms. The summed E-state index contributed by atoms with van der Waals surface area (Å²) >= 11 is 0. The molecule has 0 aromatic heterocycles. The Morgan fingerprint density at radius 2 is 1.85 bits per heavy atom. The number of hydrogen-bond donors (Lipinski definition) is 0. The van der Waals surface area contributed by atoms with Gasteiger partial charge in [0.05, 0.1) is 39.1 Å². The van der Waals surface area contributed by atoms with Gasteiger partial charge in [-0.25, -0.2) is 0 Å². The predicted molar refractivity (Wildman–Crippen MR) is 142 cm³/mol. The minimum Gasteiger partial charge on any atom is -0.468 e. The van der Waals surface area contributed by atoms with Gasteiger partial charge in [0.2, 0.25) is 18.6 Å². The lowest BCUT2D eigenvalue weighted by molar-refractivity contribution is -0.178. The molecule has 1 aromatic rings. The second-order valence-corrected chi connectivity index (χ2v) is 11.5. The Hall–Kier alpha value is -3.11. The van der Waals surface area contributed by atoms with Crippen LogP contribution < -0.4 is 9.47 Å². The van der Waals surface area contributed by atoms with E-state index in [2.05, 4.69) is 0 Å². The molecule has 1 aliphatic carbocycles. The van der Waals surface area contributed by atoms with Crippen molar-refractivity contribution in [3.63, 3.8) is 0 Å². The van der Waals surface area contributed by atoms with Crippen molar-refractivity contribution < 1.29 is 38.1 Å². The quantitative estimate of drug-likeness (QED) is 0.495. The summed E-state index contributed by atoms with van der Waals surface area (Å²) in [4.78, 5) is 44.8. The number of carbonyl (C=O) groups excluding carboxylic acids is 3. The van der Waals surface area contributed by atoms with Gasteiger partial charge in [0.15, 0.2) is 11.5 Å². The summed E-state index contributed by atoms with van der Waals surface area (Å²) < 4.78 is 28.4. The number of esters is 1. The molecule has 216 valence electrons. The van der Waals surface area contributed by atoms with Crippen molar-refractivity contribution >= 4 is 17.8 Å². The third kappa shape index (κ3) is 4.75. The fraction of sp³-hybridized carbons (Fsp3) is 0.633. The van der Waals surface area contributed by atoms with Crippen molar-refractivity contribution in [3.05, 3.63) is 35.5 Å². The van der Waals surface area contributed by atoms with Gasteiger partial charge in [-0.05, 0) is 55.9 Å². The highest BCUT2D eigenvalue weighted by Crippen LogP contribution is 2.52.